The Balaban J connectivity index is 1.65. The van der Waals surface area contributed by atoms with Gasteiger partial charge in [0.1, 0.15) is 0 Å². The number of aromatic nitrogens is 3. The summed E-state index contributed by atoms with van der Waals surface area (Å²) in [5.41, 5.74) is 4.91. The van der Waals surface area contributed by atoms with Crippen molar-refractivity contribution in [1.29, 1.82) is 0 Å². The summed E-state index contributed by atoms with van der Waals surface area (Å²) in [7, 11) is 0. The standard InChI is InChI=1S/C22H19N3O2/c26-18-12-17(13-18)14-6-8-15(9-7-14)20-21(16-4-2-1-3-5-16)25-11-10-19(27)23-22(25)24-20/h1-11,17-18,26H,12-13H2,(H,23,24,27). The lowest BCUT2D eigenvalue weighted by Gasteiger charge is -2.31. The zero-order valence-electron chi connectivity index (χ0n) is 14.7. The summed E-state index contributed by atoms with van der Waals surface area (Å²) >= 11 is 0. The number of fused-ring (bicyclic) bond motifs is 1. The molecule has 27 heavy (non-hydrogen) atoms. The second kappa shape index (κ2) is 6.21. The summed E-state index contributed by atoms with van der Waals surface area (Å²) in [6.07, 6.45) is 3.28. The molecule has 2 heterocycles. The summed E-state index contributed by atoms with van der Waals surface area (Å²) in [5.74, 6) is 0.975. The maximum atomic E-state index is 11.7. The van der Waals surface area contributed by atoms with Crippen LogP contribution in [0.3, 0.4) is 0 Å². The lowest BCUT2D eigenvalue weighted by atomic mass is 9.77. The molecule has 5 heteroatoms. The van der Waals surface area contributed by atoms with Crippen molar-refractivity contribution in [1.82, 2.24) is 14.4 Å². The number of aromatic amines is 1. The van der Waals surface area contributed by atoms with Crippen molar-refractivity contribution in [3.05, 3.63) is 82.8 Å². The molecule has 5 nitrogen and oxygen atoms in total. The highest BCUT2D eigenvalue weighted by Crippen LogP contribution is 2.38. The van der Waals surface area contributed by atoms with Gasteiger partial charge in [-0.15, -0.1) is 0 Å². The first kappa shape index (κ1) is 16.0. The van der Waals surface area contributed by atoms with Gasteiger partial charge in [0.05, 0.1) is 17.5 Å². The van der Waals surface area contributed by atoms with Crippen LogP contribution < -0.4 is 5.56 Å². The first-order valence-electron chi connectivity index (χ1n) is 9.14. The second-order valence-corrected chi connectivity index (χ2v) is 7.12. The highest BCUT2D eigenvalue weighted by atomic mass is 16.3. The monoisotopic (exact) mass is 357 g/mol. The van der Waals surface area contributed by atoms with E-state index in [-0.39, 0.29) is 11.7 Å². The van der Waals surface area contributed by atoms with Gasteiger partial charge in [-0.05, 0) is 24.3 Å². The predicted octanol–water partition coefficient (Wildman–Crippen LogP) is 3.59. The van der Waals surface area contributed by atoms with E-state index in [1.165, 1.54) is 11.6 Å². The summed E-state index contributed by atoms with van der Waals surface area (Å²) in [6.45, 7) is 0. The van der Waals surface area contributed by atoms with Gasteiger partial charge >= 0.3 is 0 Å². The van der Waals surface area contributed by atoms with E-state index >= 15 is 0 Å². The SMILES string of the molecule is O=c1ccn2c(-c3ccccc3)c(-c3ccc(C4CC(O)C4)cc3)nc2[nH]1. The second-order valence-electron chi connectivity index (χ2n) is 7.12. The van der Waals surface area contributed by atoms with Crippen molar-refractivity contribution in [2.75, 3.05) is 0 Å². The number of aliphatic hydroxyl groups is 1. The fourth-order valence-corrected chi connectivity index (χ4v) is 3.81. The van der Waals surface area contributed by atoms with Gasteiger partial charge in [-0.1, -0.05) is 54.6 Å². The summed E-state index contributed by atoms with van der Waals surface area (Å²) in [4.78, 5) is 19.3. The van der Waals surface area contributed by atoms with Crippen LogP contribution in [-0.2, 0) is 0 Å². The Morgan fingerprint density at radius 1 is 0.963 bits per heavy atom. The number of rotatable bonds is 3. The van der Waals surface area contributed by atoms with Gasteiger partial charge in [0.25, 0.3) is 5.56 Å². The zero-order chi connectivity index (χ0) is 18.4. The van der Waals surface area contributed by atoms with E-state index in [9.17, 15) is 9.90 Å². The molecule has 2 aromatic carbocycles. The molecule has 0 spiro atoms. The van der Waals surface area contributed by atoms with Crippen LogP contribution in [0.4, 0.5) is 0 Å². The quantitative estimate of drug-likeness (QED) is 0.589. The van der Waals surface area contributed by atoms with Gasteiger partial charge in [-0.2, -0.15) is 0 Å². The average Bonchev–Trinajstić information content (AvgIpc) is 3.05. The molecule has 0 bridgehead atoms. The lowest BCUT2D eigenvalue weighted by Crippen LogP contribution is -2.26. The number of hydrogen-bond acceptors (Lipinski definition) is 3. The highest BCUT2D eigenvalue weighted by Gasteiger charge is 2.28. The molecule has 0 aliphatic heterocycles. The van der Waals surface area contributed by atoms with E-state index in [1.807, 2.05) is 34.7 Å². The molecule has 2 aromatic heterocycles. The molecule has 0 atom stereocenters. The number of nitrogens with one attached hydrogen (secondary N) is 1. The molecule has 0 unspecified atom stereocenters. The molecule has 0 saturated heterocycles. The van der Waals surface area contributed by atoms with Crippen LogP contribution in [-0.4, -0.2) is 25.6 Å². The van der Waals surface area contributed by atoms with E-state index in [0.717, 1.165) is 35.4 Å². The van der Waals surface area contributed by atoms with Crippen molar-refractivity contribution in [2.45, 2.75) is 24.9 Å². The Morgan fingerprint density at radius 2 is 1.70 bits per heavy atom. The fourth-order valence-electron chi connectivity index (χ4n) is 3.81. The fraction of sp³-hybridized carbons (Fsp3) is 0.182. The Morgan fingerprint density at radius 3 is 2.41 bits per heavy atom. The first-order valence-corrected chi connectivity index (χ1v) is 9.14. The number of aliphatic hydroxyl groups excluding tert-OH is 1. The third-order valence-electron chi connectivity index (χ3n) is 5.34. The number of hydrogen-bond donors (Lipinski definition) is 2. The van der Waals surface area contributed by atoms with Crippen molar-refractivity contribution >= 4 is 5.78 Å². The van der Waals surface area contributed by atoms with Crippen molar-refractivity contribution in [3.63, 3.8) is 0 Å². The molecule has 1 aliphatic carbocycles. The largest absolute Gasteiger partial charge is 0.393 e. The van der Waals surface area contributed by atoms with Gasteiger partial charge in [0.15, 0.2) is 0 Å². The van der Waals surface area contributed by atoms with Crippen LogP contribution in [0.25, 0.3) is 28.3 Å². The van der Waals surface area contributed by atoms with Crippen LogP contribution in [0.5, 0.6) is 0 Å². The van der Waals surface area contributed by atoms with Crippen molar-refractivity contribution in [3.8, 4) is 22.5 Å². The van der Waals surface area contributed by atoms with E-state index in [4.69, 9.17) is 4.98 Å². The predicted molar refractivity (Wildman–Crippen MR) is 105 cm³/mol. The molecule has 0 radical (unpaired) electrons. The Kier molecular flexibility index (Phi) is 3.69. The zero-order valence-corrected chi connectivity index (χ0v) is 14.7. The molecule has 1 saturated carbocycles. The molecule has 134 valence electrons. The molecule has 4 aromatic rings. The van der Waals surface area contributed by atoms with Gasteiger partial charge in [0.2, 0.25) is 5.78 Å². The summed E-state index contributed by atoms with van der Waals surface area (Å²) < 4.78 is 1.92. The normalized spacial score (nSPS) is 19.1. The number of imidazole rings is 1. The lowest BCUT2D eigenvalue weighted by molar-refractivity contribution is 0.0746. The molecule has 2 N–H and O–H groups in total. The smallest absolute Gasteiger partial charge is 0.252 e. The van der Waals surface area contributed by atoms with E-state index in [1.54, 1.807) is 6.20 Å². The molecule has 0 amide bonds. The number of H-pyrrole nitrogens is 1. The van der Waals surface area contributed by atoms with Crippen molar-refractivity contribution < 1.29 is 5.11 Å². The third-order valence-corrected chi connectivity index (χ3v) is 5.34. The maximum absolute atomic E-state index is 11.7. The van der Waals surface area contributed by atoms with E-state index in [2.05, 4.69) is 29.2 Å². The highest BCUT2D eigenvalue weighted by molar-refractivity contribution is 5.81. The molecule has 5 rings (SSSR count). The van der Waals surface area contributed by atoms with Gasteiger partial charge in [-0.3, -0.25) is 14.2 Å². The minimum absolute atomic E-state index is 0.158. The molecule has 1 fully saturated rings. The molecular weight excluding hydrogens is 338 g/mol. The third kappa shape index (κ3) is 2.76. The van der Waals surface area contributed by atoms with Crippen LogP contribution in [0, 0.1) is 0 Å². The molecular formula is C22H19N3O2. The van der Waals surface area contributed by atoms with Gasteiger partial charge in [-0.25, -0.2) is 4.98 Å². The summed E-state index contributed by atoms with van der Waals surface area (Å²) in [5, 5.41) is 9.54. The van der Waals surface area contributed by atoms with E-state index < -0.39 is 0 Å². The van der Waals surface area contributed by atoms with Gasteiger partial charge in [0, 0.05) is 23.4 Å². The Hall–Kier alpha value is -3.18. The minimum Gasteiger partial charge on any atom is -0.393 e. The molecule has 1 aliphatic rings. The Labute approximate surface area is 156 Å². The maximum Gasteiger partial charge on any atom is 0.252 e. The number of nitrogens with zero attached hydrogens (tertiary/aromatic N) is 2. The van der Waals surface area contributed by atoms with E-state index in [0.29, 0.717) is 11.7 Å². The van der Waals surface area contributed by atoms with Crippen LogP contribution in [0.2, 0.25) is 0 Å². The minimum atomic E-state index is -0.169. The number of benzene rings is 2. The average molecular weight is 357 g/mol. The van der Waals surface area contributed by atoms with Crippen molar-refractivity contribution in [2.24, 2.45) is 0 Å². The first-order chi connectivity index (χ1) is 13.2. The van der Waals surface area contributed by atoms with Crippen LogP contribution in [0.1, 0.15) is 24.3 Å². The Bertz CT molecular complexity index is 1150. The topological polar surface area (TPSA) is 70.4 Å². The summed E-state index contributed by atoms with van der Waals surface area (Å²) in [6, 6.07) is 20.0. The van der Waals surface area contributed by atoms with Crippen LogP contribution >= 0.6 is 0 Å². The van der Waals surface area contributed by atoms with Gasteiger partial charge < -0.3 is 5.11 Å². The van der Waals surface area contributed by atoms with Crippen LogP contribution in [0.15, 0.2) is 71.7 Å².